The number of allylic oxidation sites excluding steroid dienone is 4. The summed E-state index contributed by atoms with van der Waals surface area (Å²) in [6, 6.07) is 4.68. The number of nitriles is 1. The van der Waals surface area contributed by atoms with Gasteiger partial charge < -0.3 is 5.32 Å². The number of rotatable bonds is 5. The molecule has 1 N–H and O–H groups in total. The third kappa shape index (κ3) is 5.86. The Balaban J connectivity index is 3.16. The third-order valence-electron chi connectivity index (χ3n) is 2.66. The average molecular weight is 386 g/mol. The van der Waals surface area contributed by atoms with Gasteiger partial charge in [0, 0.05) is 10.7 Å². The van der Waals surface area contributed by atoms with Crippen LogP contribution >= 0.6 is 34.8 Å². The van der Waals surface area contributed by atoms with Gasteiger partial charge in [0.2, 0.25) is 0 Å². The lowest BCUT2D eigenvalue weighted by Crippen LogP contribution is -2.23. The number of carbonyl (C=O) groups excluding carboxylic acids is 1. The summed E-state index contributed by atoms with van der Waals surface area (Å²) in [6.07, 6.45) is 5.04. The second-order valence-corrected chi connectivity index (χ2v) is 5.72. The van der Waals surface area contributed by atoms with Crippen LogP contribution in [0.5, 0.6) is 0 Å². The highest BCUT2D eigenvalue weighted by Gasteiger charge is 2.12. The first-order chi connectivity index (χ1) is 11.3. The first-order valence-electron chi connectivity index (χ1n) is 6.52. The molecule has 7 heteroatoms. The summed E-state index contributed by atoms with van der Waals surface area (Å²) in [6.45, 7) is 4.76. The van der Waals surface area contributed by atoms with Crippen LogP contribution in [0, 0.1) is 11.3 Å². The van der Waals surface area contributed by atoms with E-state index < -0.39 is 11.7 Å². The Morgan fingerprint density at radius 1 is 1.33 bits per heavy atom. The fraction of sp³-hybridized carbons (Fsp3) is 0.0588. The van der Waals surface area contributed by atoms with Crippen LogP contribution in [0.1, 0.15) is 12.5 Å². The highest BCUT2D eigenvalue weighted by Crippen LogP contribution is 2.31. The molecular weight excluding hydrogens is 374 g/mol. The summed E-state index contributed by atoms with van der Waals surface area (Å²) in [7, 11) is 0. The van der Waals surface area contributed by atoms with E-state index in [1.165, 1.54) is 37.3 Å². The molecule has 0 aliphatic heterocycles. The SMILES string of the molecule is C=C/C(=C/C=C(\C)F)NC(=O)/C(C#N)=C/c1cc(Cl)cc(Cl)c1Cl. The van der Waals surface area contributed by atoms with E-state index in [9.17, 15) is 14.4 Å². The van der Waals surface area contributed by atoms with Gasteiger partial charge in [-0.2, -0.15) is 5.26 Å². The topological polar surface area (TPSA) is 52.9 Å². The lowest BCUT2D eigenvalue weighted by molar-refractivity contribution is -0.116. The smallest absolute Gasteiger partial charge is 0.266 e. The molecule has 0 unspecified atom stereocenters. The fourth-order valence-electron chi connectivity index (χ4n) is 1.55. The van der Waals surface area contributed by atoms with E-state index in [1.54, 1.807) is 6.07 Å². The number of nitrogens with zero attached hydrogens (tertiary/aromatic N) is 1. The van der Waals surface area contributed by atoms with Crippen molar-refractivity contribution in [2.24, 2.45) is 0 Å². The zero-order chi connectivity index (χ0) is 18.3. The number of hydrogen-bond acceptors (Lipinski definition) is 2. The molecule has 3 nitrogen and oxygen atoms in total. The Labute approximate surface area is 154 Å². The second kappa shape index (κ2) is 9.29. The Hall–Kier alpha value is -2.06. The molecule has 24 heavy (non-hydrogen) atoms. The molecule has 1 amide bonds. The molecule has 0 saturated heterocycles. The lowest BCUT2D eigenvalue weighted by atomic mass is 10.1. The van der Waals surface area contributed by atoms with E-state index in [4.69, 9.17) is 34.8 Å². The minimum absolute atomic E-state index is 0.164. The van der Waals surface area contributed by atoms with Crippen LogP contribution in [-0.4, -0.2) is 5.91 Å². The van der Waals surface area contributed by atoms with Crippen molar-refractivity contribution in [2.75, 3.05) is 0 Å². The molecule has 0 saturated carbocycles. The zero-order valence-electron chi connectivity index (χ0n) is 12.5. The maximum absolute atomic E-state index is 12.7. The highest BCUT2D eigenvalue weighted by molar-refractivity contribution is 6.44. The second-order valence-electron chi connectivity index (χ2n) is 4.49. The molecule has 0 bridgehead atoms. The molecule has 0 atom stereocenters. The number of halogens is 4. The van der Waals surface area contributed by atoms with Gasteiger partial charge >= 0.3 is 0 Å². The van der Waals surface area contributed by atoms with Crippen LogP contribution < -0.4 is 5.32 Å². The van der Waals surface area contributed by atoms with Crippen molar-refractivity contribution in [1.82, 2.24) is 5.32 Å². The summed E-state index contributed by atoms with van der Waals surface area (Å²) in [4.78, 5) is 12.2. The number of hydrogen-bond donors (Lipinski definition) is 1. The molecular formula is C17H12Cl3FN2O. The molecule has 124 valence electrons. The van der Waals surface area contributed by atoms with Gasteiger partial charge in [0.15, 0.2) is 0 Å². The molecule has 0 spiro atoms. The molecule has 0 aromatic heterocycles. The van der Waals surface area contributed by atoms with E-state index in [2.05, 4.69) is 11.9 Å². The minimum Gasteiger partial charge on any atom is -0.321 e. The quantitative estimate of drug-likeness (QED) is 0.310. The standard InChI is InChI=1S/C17H12Cl3FN2O/c1-3-14(5-4-10(2)21)23-17(24)12(9-22)6-11-7-13(18)8-15(19)16(11)20/h3-8H,1H2,2H3,(H,23,24)/b10-4+,12-6+,14-5-. The number of benzene rings is 1. The Bertz CT molecular complexity index is 801. The first-order valence-corrected chi connectivity index (χ1v) is 7.66. The van der Waals surface area contributed by atoms with Gasteiger partial charge in [0.25, 0.3) is 5.91 Å². The van der Waals surface area contributed by atoms with Crippen LogP contribution in [0.3, 0.4) is 0 Å². The molecule has 1 aromatic rings. The van der Waals surface area contributed by atoms with Gasteiger partial charge in [-0.1, -0.05) is 41.4 Å². The number of carbonyl (C=O) groups is 1. The van der Waals surface area contributed by atoms with E-state index in [0.717, 1.165) is 6.08 Å². The van der Waals surface area contributed by atoms with Crippen molar-refractivity contribution in [3.63, 3.8) is 0 Å². The minimum atomic E-state index is -0.708. The Morgan fingerprint density at radius 3 is 2.54 bits per heavy atom. The normalized spacial score (nSPS) is 12.6. The van der Waals surface area contributed by atoms with Crippen molar-refractivity contribution in [2.45, 2.75) is 6.92 Å². The van der Waals surface area contributed by atoms with Crippen molar-refractivity contribution in [3.05, 3.63) is 74.7 Å². The Kier molecular flexibility index (Phi) is 7.73. The van der Waals surface area contributed by atoms with Crippen molar-refractivity contribution >= 4 is 46.8 Å². The molecule has 0 aliphatic carbocycles. The fourth-order valence-corrected chi connectivity index (χ4v) is 2.22. The Morgan fingerprint density at radius 2 is 2.00 bits per heavy atom. The van der Waals surface area contributed by atoms with Crippen LogP contribution in [0.4, 0.5) is 4.39 Å². The predicted octanol–water partition coefficient (Wildman–Crippen LogP) is 5.61. The summed E-state index contributed by atoms with van der Waals surface area (Å²) in [5.74, 6) is -1.15. The van der Waals surface area contributed by atoms with Gasteiger partial charge in [-0.05, 0) is 48.9 Å². The van der Waals surface area contributed by atoms with E-state index >= 15 is 0 Å². The molecule has 0 radical (unpaired) electrons. The summed E-state index contributed by atoms with van der Waals surface area (Å²) >= 11 is 17.8. The van der Waals surface area contributed by atoms with Gasteiger partial charge in [-0.15, -0.1) is 0 Å². The molecule has 0 heterocycles. The van der Waals surface area contributed by atoms with E-state index in [-0.39, 0.29) is 21.3 Å². The highest BCUT2D eigenvalue weighted by atomic mass is 35.5. The summed E-state index contributed by atoms with van der Waals surface area (Å²) in [5.41, 5.74) is 0.321. The van der Waals surface area contributed by atoms with Gasteiger partial charge in [-0.25, -0.2) is 4.39 Å². The largest absolute Gasteiger partial charge is 0.321 e. The van der Waals surface area contributed by atoms with Crippen LogP contribution in [-0.2, 0) is 4.79 Å². The van der Waals surface area contributed by atoms with E-state index in [0.29, 0.717) is 10.6 Å². The van der Waals surface area contributed by atoms with Crippen molar-refractivity contribution < 1.29 is 9.18 Å². The average Bonchev–Trinajstić information content (AvgIpc) is 2.52. The van der Waals surface area contributed by atoms with Crippen molar-refractivity contribution in [3.8, 4) is 6.07 Å². The molecule has 1 aromatic carbocycles. The predicted molar refractivity (Wildman–Crippen MR) is 96.3 cm³/mol. The first kappa shape index (κ1) is 20.0. The molecule has 1 rings (SSSR count). The molecule has 0 fully saturated rings. The zero-order valence-corrected chi connectivity index (χ0v) is 14.8. The van der Waals surface area contributed by atoms with Crippen LogP contribution in [0.2, 0.25) is 15.1 Å². The lowest BCUT2D eigenvalue weighted by Gasteiger charge is -2.06. The van der Waals surface area contributed by atoms with Gasteiger partial charge in [0.1, 0.15) is 11.6 Å². The van der Waals surface area contributed by atoms with Crippen LogP contribution in [0.25, 0.3) is 6.08 Å². The summed E-state index contributed by atoms with van der Waals surface area (Å²) < 4.78 is 12.7. The van der Waals surface area contributed by atoms with Crippen molar-refractivity contribution in [1.29, 1.82) is 5.26 Å². The maximum Gasteiger partial charge on any atom is 0.266 e. The third-order valence-corrected chi connectivity index (χ3v) is 3.69. The molecule has 0 aliphatic rings. The summed E-state index contributed by atoms with van der Waals surface area (Å²) in [5, 5.41) is 12.3. The van der Waals surface area contributed by atoms with Gasteiger partial charge in [0.05, 0.1) is 15.9 Å². The number of nitrogens with one attached hydrogen (secondary N) is 1. The van der Waals surface area contributed by atoms with Crippen LogP contribution in [0.15, 0.2) is 54.0 Å². The monoisotopic (exact) mass is 384 g/mol. The number of amides is 1. The van der Waals surface area contributed by atoms with E-state index in [1.807, 2.05) is 0 Å². The maximum atomic E-state index is 12.7. The van der Waals surface area contributed by atoms with Gasteiger partial charge in [-0.3, -0.25) is 4.79 Å².